The fourth-order valence-corrected chi connectivity index (χ4v) is 2.44. The summed E-state index contributed by atoms with van der Waals surface area (Å²) in [4.78, 5) is 20.6. The number of nitrogens with one attached hydrogen (secondary N) is 2. The Morgan fingerprint density at radius 2 is 1.74 bits per heavy atom. The molecule has 2 aromatic carbocycles. The molecule has 0 aliphatic heterocycles. The Kier molecular flexibility index (Phi) is 5.84. The average Bonchev–Trinajstić information content (AvgIpc) is 2.73. The number of amides is 1. The van der Waals surface area contributed by atoms with Gasteiger partial charge in [0.1, 0.15) is 11.5 Å². The lowest BCUT2D eigenvalue weighted by Gasteiger charge is -2.11. The van der Waals surface area contributed by atoms with Crippen molar-refractivity contribution in [1.82, 2.24) is 15.3 Å². The number of nitrogens with zero attached hydrogens (tertiary/aromatic N) is 2. The molecule has 27 heavy (non-hydrogen) atoms. The van der Waals surface area contributed by atoms with Gasteiger partial charge in [-0.15, -0.1) is 0 Å². The molecule has 1 amide bonds. The lowest BCUT2D eigenvalue weighted by atomic mass is 10.2. The van der Waals surface area contributed by atoms with Crippen LogP contribution in [-0.2, 0) is 6.54 Å². The van der Waals surface area contributed by atoms with Gasteiger partial charge in [-0.1, -0.05) is 30.3 Å². The number of hydrogen-bond acceptors (Lipinski definition) is 6. The fourth-order valence-electron chi connectivity index (χ4n) is 2.44. The number of benzene rings is 2. The molecule has 3 rings (SSSR count). The van der Waals surface area contributed by atoms with Crippen molar-refractivity contribution in [3.05, 3.63) is 72.2 Å². The van der Waals surface area contributed by atoms with Crippen LogP contribution in [-0.4, -0.2) is 30.1 Å². The second kappa shape index (κ2) is 8.66. The molecule has 1 aromatic heterocycles. The first-order valence-corrected chi connectivity index (χ1v) is 8.33. The van der Waals surface area contributed by atoms with E-state index in [1.807, 2.05) is 36.4 Å². The molecule has 0 saturated carbocycles. The molecular weight excluding hydrogens is 344 g/mol. The first-order chi connectivity index (χ1) is 13.2. The average molecular weight is 364 g/mol. The van der Waals surface area contributed by atoms with Crippen molar-refractivity contribution >= 4 is 17.4 Å². The number of ether oxygens (including phenoxy) is 2. The molecule has 2 N–H and O–H groups in total. The Hall–Kier alpha value is -3.61. The minimum absolute atomic E-state index is 0.254. The van der Waals surface area contributed by atoms with E-state index in [1.54, 1.807) is 26.4 Å². The summed E-state index contributed by atoms with van der Waals surface area (Å²) in [5.41, 5.74) is 2.04. The standard InChI is InChI=1S/C20H20N4O3/c1-26-17-9-8-15(10-18(17)27-2)24-19-13-21-16(12-22-19)20(25)23-11-14-6-4-3-5-7-14/h3-10,12-13H,11H2,1-2H3,(H,22,24)(H,23,25). The lowest BCUT2D eigenvalue weighted by Crippen LogP contribution is -2.24. The second-order valence-electron chi connectivity index (χ2n) is 5.65. The number of carbonyl (C=O) groups excluding carboxylic acids is 1. The summed E-state index contributed by atoms with van der Waals surface area (Å²) in [7, 11) is 3.16. The molecule has 7 heteroatoms. The molecular formula is C20H20N4O3. The van der Waals surface area contributed by atoms with Gasteiger partial charge in [0, 0.05) is 18.3 Å². The number of anilines is 2. The third-order valence-corrected chi connectivity index (χ3v) is 3.84. The van der Waals surface area contributed by atoms with Gasteiger partial charge in [-0.25, -0.2) is 9.97 Å². The Labute approximate surface area is 157 Å². The van der Waals surface area contributed by atoms with Gasteiger partial charge in [0.2, 0.25) is 0 Å². The number of carbonyl (C=O) groups is 1. The van der Waals surface area contributed by atoms with Crippen molar-refractivity contribution in [2.45, 2.75) is 6.54 Å². The number of methoxy groups -OCH3 is 2. The van der Waals surface area contributed by atoms with Crippen molar-refractivity contribution in [3.63, 3.8) is 0 Å². The van der Waals surface area contributed by atoms with Crippen molar-refractivity contribution < 1.29 is 14.3 Å². The maximum atomic E-state index is 12.2. The molecule has 0 aliphatic rings. The van der Waals surface area contributed by atoms with Gasteiger partial charge in [0.15, 0.2) is 11.5 Å². The molecule has 7 nitrogen and oxygen atoms in total. The van der Waals surface area contributed by atoms with Gasteiger partial charge in [-0.05, 0) is 17.7 Å². The highest BCUT2D eigenvalue weighted by atomic mass is 16.5. The van der Waals surface area contributed by atoms with Crippen LogP contribution in [0.15, 0.2) is 60.9 Å². The highest BCUT2D eigenvalue weighted by Gasteiger charge is 2.09. The summed E-state index contributed by atoms with van der Waals surface area (Å²) in [6, 6.07) is 15.1. The van der Waals surface area contributed by atoms with Crippen LogP contribution in [0.5, 0.6) is 11.5 Å². The first-order valence-electron chi connectivity index (χ1n) is 8.33. The highest BCUT2D eigenvalue weighted by molar-refractivity contribution is 5.92. The molecule has 0 aliphatic carbocycles. The van der Waals surface area contributed by atoms with Gasteiger partial charge >= 0.3 is 0 Å². The molecule has 0 atom stereocenters. The lowest BCUT2D eigenvalue weighted by molar-refractivity contribution is 0.0945. The molecule has 0 radical (unpaired) electrons. The normalized spacial score (nSPS) is 10.1. The van der Waals surface area contributed by atoms with E-state index in [-0.39, 0.29) is 11.6 Å². The predicted molar refractivity (Wildman–Crippen MR) is 102 cm³/mol. The van der Waals surface area contributed by atoms with Crippen LogP contribution in [0.25, 0.3) is 0 Å². The van der Waals surface area contributed by atoms with Crippen LogP contribution >= 0.6 is 0 Å². The van der Waals surface area contributed by atoms with E-state index in [0.717, 1.165) is 11.3 Å². The van der Waals surface area contributed by atoms with E-state index < -0.39 is 0 Å². The number of hydrogen-bond donors (Lipinski definition) is 2. The van der Waals surface area contributed by atoms with Gasteiger partial charge in [-0.3, -0.25) is 4.79 Å². The van der Waals surface area contributed by atoms with Crippen molar-refractivity contribution in [3.8, 4) is 11.5 Å². The summed E-state index contributed by atoms with van der Waals surface area (Å²) in [5.74, 6) is 1.48. The third-order valence-electron chi connectivity index (χ3n) is 3.84. The zero-order valence-corrected chi connectivity index (χ0v) is 15.1. The predicted octanol–water partition coefficient (Wildman–Crippen LogP) is 3.17. The van der Waals surface area contributed by atoms with Crippen LogP contribution in [0.2, 0.25) is 0 Å². The van der Waals surface area contributed by atoms with Crippen molar-refractivity contribution in [2.75, 3.05) is 19.5 Å². The fraction of sp³-hybridized carbons (Fsp3) is 0.150. The summed E-state index contributed by atoms with van der Waals surface area (Å²) >= 11 is 0. The zero-order chi connectivity index (χ0) is 19.1. The monoisotopic (exact) mass is 364 g/mol. The zero-order valence-electron chi connectivity index (χ0n) is 15.1. The SMILES string of the molecule is COc1ccc(Nc2cnc(C(=O)NCc3ccccc3)cn2)cc1OC. The van der Waals surface area contributed by atoms with Crippen molar-refractivity contribution in [2.24, 2.45) is 0 Å². The van der Waals surface area contributed by atoms with E-state index >= 15 is 0 Å². The van der Waals surface area contributed by atoms with Crippen LogP contribution in [0.1, 0.15) is 16.1 Å². The Balaban J connectivity index is 1.62. The quantitative estimate of drug-likeness (QED) is 0.670. The van der Waals surface area contributed by atoms with Gasteiger partial charge in [-0.2, -0.15) is 0 Å². The second-order valence-corrected chi connectivity index (χ2v) is 5.65. The van der Waals surface area contributed by atoms with Crippen LogP contribution in [0, 0.1) is 0 Å². The minimum atomic E-state index is -0.274. The Bertz CT molecular complexity index is 899. The first kappa shape index (κ1) is 18.2. The van der Waals surface area contributed by atoms with Crippen LogP contribution < -0.4 is 20.1 Å². The minimum Gasteiger partial charge on any atom is -0.493 e. The van der Waals surface area contributed by atoms with E-state index in [9.17, 15) is 4.79 Å². The van der Waals surface area contributed by atoms with E-state index in [1.165, 1.54) is 12.4 Å². The molecule has 1 heterocycles. The number of aromatic nitrogens is 2. The molecule has 0 saturated heterocycles. The summed E-state index contributed by atoms with van der Waals surface area (Å²) < 4.78 is 10.5. The van der Waals surface area contributed by atoms with E-state index in [0.29, 0.717) is 23.9 Å². The van der Waals surface area contributed by atoms with E-state index in [4.69, 9.17) is 9.47 Å². The van der Waals surface area contributed by atoms with Crippen LogP contribution in [0.4, 0.5) is 11.5 Å². The molecule has 0 fully saturated rings. The summed E-state index contributed by atoms with van der Waals surface area (Å²) in [6.45, 7) is 0.437. The van der Waals surface area contributed by atoms with Gasteiger partial charge in [0.25, 0.3) is 5.91 Å². The number of rotatable bonds is 7. The smallest absolute Gasteiger partial charge is 0.271 e. The summed E-state index contributed by atoms with van der Waals surface area (Å²) in [6.07, 6.45) is 2.94. The Morgan fingerprint density at radius 1 is 0.963 bits per heavy atom. The molecule has 0 unspecified atom stereocenters. The third kappa shape index (κ3) is 4.72. The molecule has 3 aromatic rings. The molecule has 0 bridgehead atoms. The maximum Gasteiger partial charge on any atom is 0.271 e. The summed E-state index contributed by atoms with van der Waals surface area (Å²) in [5, 5.41) is 5.93. The van der Waals surface area contributed by atoms with Crippen LogP contribution in [0.3, 0.4) is 0 Å². The topological polar surface area (TPSA) is 85.4 Å². The molecule has 138 valence electrons. The molecule has 0 spiro atoms. The van der Waals surface area contributed by atoms with Gasteiger partial charge in [0.05, 0.1) is 26.6 Å². The Morgan fingerprint density at radius 3 is 2.41 bits per heavy atom. The van der Waals surface area contributed by atoms with Gasteiger partial charge < -0.3 is 20.1 Å². The van der Waals surface area contributed by atoms with E-state index in [2.05, 4.69) is 20.6 Å². The van der Waals surface area contributed by atoms with Crippen molar-refractivity contribution in [1.29, 1.82) is 0 Å². The largest absolute Gasteiger partial charge is 0.493 e. The highest BCUT2D eigenvalue weighted by Crippen LogP contribution is 2.30. The maximum absolute atomic E-state index is 12.2.